The summed E-state index contributed by atoms with van der Waals surface area (Å²) in [5.41, 5.74) is 0. The van der Waals surface area contributed by atoms with Crippen molar-refractivity contribution in [1.82, 2.24) is 4.90 Å². The van der Waals surface area contributed by atoms with Gasteiger partial charge in [-0.15, -0.1) is 0 Å². The van der Waals surface area contributed by atoms with Crippen LogP contribution in [-0.4, -0.2) is 43.7 Å². The number of hydrogen-bond donors (Lipinski definition) is 3. The summed E-state index contributed by atoms with van der Waals surface area (Å²) in [4.78, 5) is 35.4. The summed E-state index contributed by atoms with van der Waals surface area (Å²) in [5, 5.41) is 0.231. The molecule has 0 aliphatic rings. The summed E-state index contributed by atoms with van der Waals surface area (Å²) in [6.07, 6.45) is 0. The monoisotopic (exact) mass is 329 g/mol. The first-order valence-electron chi connectivity index (χ1n) is 6.99. The molecule has 20 heavy (non-hydrogen) atoms. The van der Waals surface area contributed by atoms with Crippen LogP contribution in [0.4, 0.5) is 4.79 Å². The summed E-state index contributed by atoms with van der Waals surface area (Å²) in [5.74, 6) is 1.97. The highest BCUT2D eigenvalue weighted by Crippen LogP contribution is 2.13. The van der Waals surface area contributed by atoms with E-state index in [4.69, 9.17) is 14.7 Å². The lowest BCUT2D eigenvalue weighted by molar-refractivity contribution is 0.208. The van der Waals surface area contributed by atoms with Crippen molar-refractivity contribution in [3.8, 4) is 0 Å². The van der Waals surface area contributed by atoms with Gasteiger partial charge >= 0.3 is 8.60 Å². The van der Waals surface area contributed by atoms with Crippen molar-refractivity contribution in [2.45, 2.75) is 48.5 Å². The number of carbonyl (C=O) groups is 1. The second kappa shape index (κ2) is 17.2. The Labute approximate surface area is 129 Å². The fourth-order valence-electron chi connectivity index (χ4n) is 1.32. The van der Waals surface area contributed by atoms with Crippen LogP contribution in [0.2, 0.25) is 0 Å². The molecule has 3 N–H and O–H groups in total. The summed E-state index contributed by atoms with van der Waals surface area (Å²) in [6, 6.07) is 0. The Kier molecular flexibility index (Phi) is 21.6. The second-order valence-corrected chi connectivity index (χ2v) is 6.41. The topological polar surface area (TPSA) is 81.0 Å². The Morgan fingerprint density at radius 2 is 1.35 bits per heavy atom. The third kappa shape index (κ3) is 23.2. The first-order valence-corrected chi connectivity index (χ1v) is 9.17. The van der Waals surface area contributed by atoms with E-state index in [9.17, 15) is 4.79 Å². The Hall–Kier alpha value is 0.130. The van der Waals surface area contributed by atoms with Gasteiger partial charge in [0.25, 0.3) is 5.24 Å². The maximum Gasteiger partial charge on any atom is 0.324 e. The van der Waals surface area contributed by atoms with E-state index in [0.717, 1.165) is 18.8 Å². The molecule has 0 aromatic heterocycles. The van der Waals surface area contributed by atoms with Crippen molar-refractivity contribution in [3.63, 3.8) is 0 Å². The zero-order chi connectivity index (χ0) is 16.7. The molecule has 0 rings (SSSR count). The second-order valence-electron chi connectivity index (χ2n) is 4.66. The molecule has 0 bridgehead atoms. The molecule has 7 heteroatoms. The highest BCUT2D eigenvalue weighted by molar-refractivity contribution is 8.13. The smallest absolute Gasteiger partial charge is 0.324 e. The predicted octanol–water partition coefficient (Wildman–Crippen LogP) is 3.69. The average Bonchev–Trinajstić information content (AvgIpc) is 2.29. The van der Waals surface area contributed by atoms with Crippen molar-refractivity contribution < 1.29 is 19.5 Å². The van der Waals surface area contributed by atoms with Crippen LogP contribution in [0.25, 0.3) is 0 Å². The number of thioether (sulfide) groups is 1. The van der Waals surface area contributed by atoms with Crippen molar-refractivity contribution in [2.75, 3.05) is 18.8 Å². The molecule has 0 radical (unpaired) electrons. The first-order chi connectivity index (χ1) is 9.20. The molecule has 0 aliphatic carbocycles. The quantitative estimate of drug-likeness (QED) is 0.670. The molecule has 0 saturated carbocycles. The molecular weight excluding hydrogens is 297 g/mol. The van der Waals surface area contributed by atoms with Crippen LogP contribution in [0.3, 0.4) is 0 Å². The van der Waals surface area contributed by atoms with Gasteiger partial charge < -0.3 is 19.6 Å². The third-order valence-electron chi connectivity index (χ3n) is 1.70. The van der Waals surface area contributed by atoms with E-state index in [1.165, 1.54) is 11.8 Å². The van der Waals surface area contributed by atoms with E-state index in [0.29, 0.717) is 11.8 Å². The third-order valence-corrected chi connectivity index (χ3v) is 2.49. The number of carbonyl (C=O) groups excluding carboxylic acids is 1. The van der Waals surface area contributed by atoms with E-state index in [2.05, 4.69) is 27.7 Å². The maximum atomic E-state index is 11.7. The molecule has 0 unspecified atom stereocenters. The van der Waals surface area contributed by atoms with Crippen LogP contribution < -0.4 is 0 Å². The molecule has 0 aromatic rings. The SMILES string of the molecule is CC.CCSC(=O)N(CC(C)C)CC(C)C.OP(O)O. The van der Waals surface area contributed by atoms with Gasteiger partial charge in [0.05, 0.1) is 0 Å². The lowest BCUT2D eigenvalue weighted by Crippen LogP contribution is -2.34. The zero-order valence-corrected chi connectivity index (χ0v) is 15.5. The molecule has 0 fully saturated rings. The molecule has 0 atom stereocenters. The van der Waals surface area contributed by atoms with E-state index < -0.39 is 8.60 Å². The van der Waals surface area contributed by atoms with Crippen LogP contribution >= 0.6 is 20.4 Å². The minimum Gasteiger partial charge on any atom is -0.333 e. The first kappa shape index (κ1) is 25.1. The van der Waals surface area contributed by atoms with E-state index in [1.54, 1.807) is 0 Å². The van der Waals surface area contributed by atoms with E-state index >= 15 is 0 Å². The van der Waals surface area contributed by atoms with Crippen LogP contribution in [0.1, 0.15) is 48.5 Å². The zero-order valence-electron chi connectivity index (χ0n) is 13.8. The number of amides is 1. The molecule has 0 aromatic carbocycles. The minimum atomic E-state index is -2.62. The highest BCUT2D eigenvalue weighted by Gasteiger charge is 2.15. The lowest BCUT2D eigenvalue weighted by Gasteiger charge is -2.25. The Balaban J connectivity index is -0.000000410. The summed E-state index contributed by atoms with van der Waals surface area (Å²) in [7, 11) is -2.62. The lowest BCUT2D eigenvalue weighted by atomic mass is 10.1. The summed E-state index contributed by atoms with van der Waals surface area (Å²) >= 11 is 1.41. The maximum absolute atomic E-state index is 11.7. The number of hydrogen-bond acceptors (Lipinski definition) is 5. The predicted molar refractivity (Wildman–Crippen MR) is 89.7 cm³/mol. The van der Waals surface area contributed by atoms with E-state index in [-0.39, 0.29) is 5.24 Å². The largest absolute Gasteiger partial charge is 0.333 e. The average molecular weight is 329 g/mol. The Morgan fingerprint density at radius 3 is 1.55 bits per heavy atom. The van der Waals surface area contributed by atoms with Gasteiger partial charge in [0.2, 0.25) is 0 Å². The Bertz CT molecular complexity index is 204. The fraction of sp³-hybridized carbons (Fsp3) is 0.923. The minimum absolute atomic E-state index is 0.231. The van der Waals surface area contributed by atoms with Gasteiger partial charge in [0.15, 0.2) is 0 Å². The highest BCUT2D eigenvalue weighted by atomic mass is 32.2. The van der Waals surface area contributed by atoms with Gasteiger partial charge in [-0.3, -0.25) is 4.79 Å². The van der Waals surface area contributed by atoms with Crippen molar-refractivity contribution in [1.29, 1.82) is 0 Å². The van der Waals surface area contributed by atoms with Gasteiger partial charge in [-0.25, -0.2) is 0 Å². The summed E-state index contributed by atoms with van der Waals surface area (Å²) in [6.45, 7) is 16.4. The molecule has 0 heterocycles. The molecular formula is C13H32NO4PS. The van der Waals surface area contributed by atoms with Crippen LogP contribution in [0, 0.1) is 11.8 Å². The van der Waals surface area contributed by atoms with Crippen molar-refractivity contribution in [2.24, 2.45) is 11.8 Å². The van der Waals surface area contributed by atoms with Crippen LogP contribution in [-0.2, 0) is 0 Å². The van der Waals surface area contributed by atoms with Crippen molar-refractivity contribution >= 4 is 25.6 Å². The molecule has 0 spiro atoms. The number of rotatable bonds is 5. The normalized spacial score (nSPS) is 9.85. The van der Waals surface area contributed by atoms with Gasteiger partial charge in [-0.2, -0.15) is 0 Å². The Morgan fingerprint density at radius 1 is 1.05 bits per heavy atom. The number of nitrogens with zero attached hydrogens (tertiary/aromatic N) is 1. The van der Waals surface area contributed by atoms with Gasteiger partial charge in [0, 0.05) is 13.1 Å². The standard InChI is InChI=1S/C11H23NOS.C2H6.H3O3P/c1-6-14-11(13)12(7-9(2)3)8-10(4)5;1-2;1-4(2)3/h9-10H,6-8H2,1-5H3;1-2H3;1-3H. The van der Waals surface area contributed by atoms with Gasteiger partial charge in [-0.1, -0.05) is 60.2 Å². The molecule has 5 nitrogen and oxygen atoms in total. The van der Waals surface area contributed by atoms with Crippen LogP contribution in [0.5, 0.6) is 0 Å². The van der Waals surface area contributed by atoms with Crippen LogP contribution in [0.15, 0.2) is 0 Å². The molecule has 0 saturated heterocycles. The summed E-state index contributed by atoms with van der Waals surface area (Å²) < 4.78 is 0. The van der Waals surface area contributed by atoms with E-state index in [1.807, 2.05) is 25.7 Å². The molecule has 0 aliphatic heterocycles. The molecule has 124 valence electrons. The van der Waals surface area contributed by atoms with Gasteiger partial charge in [0.1, 0.15) is 0 Å². The van der Waals surface area contributed by atoms with Crippen molar-refractivity contribution in [3.05, 3.63) is 0 Å². The van der Waals surface area contributed by atoms with Gasteiger partial charge in [-0.05, 0) is 17.6 Å². The molecule has 1 amide bonds. The fourth-order valence-corrected chi connectivity index (χ4v) is 1.90.